The minimum absolute atomic E-state index is 0.0361. The number of sulfone groups is 1. The van der Waals surface area contributed by atoms with E-state index in [0.29, 0.717) is 35.3 Å². The zero-order valence-electron chi connectivity index (χ0n) is 16.7. The molecule has 8 nitrogen and oxygen atoms in total. The van der Waals surface area contributed by atoms with Crippen molar-refractivity contribution in [2.75, 3.05) is 16.6 Å². The molecule has 0 unspecified atom stereocenters. The summed E-state index contributed by atoms with van der Waals surface area (Å²) in [6.45, 7) is 0. The van der Waals surface area contributed by atoms with E-state index in [2.05, 4.69) is 25.6 Å². The van der Waals surface area contributed by atoms with Gasteiger partial charge in [0.1, 0.15) is 5.65 Å². The van der Waals surface area contributed by atoms with Crippen LogP contribution in [-0.4, -0.2) is 41.3 Å². The molecule has 3 aromatic rings. The minimum Gasteiger partial charge on any atom is -0.344 e. The van der Waals surface area contributed by atoms with E-state index in [4.69, 9.17) is 0 Å². The van der Waals surface area contributed by atoms with Gasteiger partial charge in [-0.2, -0.15) is 0 Å². The molecule has 1 aliphatic rings. The van der Waals surface area contributed by atoms with Gasteiger partial charge in [0.05, 0.1) is 22.5 Å². The van der Waals surface area contributed by atoms with E-state index in [1.165, 1.54) is 18.5 Å². The Hall–Kier alpha value is -3.15. The van der Waals surface area contributed by atoms with Gasteiger partial charge in [0, 0.05) is 42.2 Å². The number of nitrogens with zero attached hydrogens (tertiary/aromatic N) is 2. The van der Waals surface area contributed by atoms with Crippen LogP contribution >= 0.6 is 0 Å². The molecule has 170 valence electrons. The SMILES string of the molecule is O=C(Nc1ccc(C2CCC(F)(F)CC2)nc1)Nc1c[nH]c2ncc(S(=O)(=O)CF)cc12. The van der Waals surface area contributed by atoms with E-state index in [0.717, 1.165) is 6.20 Å². The molecule has 3 heterocycles. The summed E-state index contributed by atoms with van der Waals surface area (Å²) in [5.41, 5.74) is 1.68. The van der Waals surface area contributed by atoms with Gasteiger partial charge in [-0.25, -0.2) is 31.4 Å². The number of carbonyl (C=O) groups excluding carboxylic acids is 1. The molecule has 1 aliphatic carbocycles. The van der Waals surface area contributed by atoms with Crippen molar-refractivity contribution in [3.8, 4) is 0 Å². The Kier molecular flexibility index (Phi) is 5.80. The van der Waals surface area contributed by atoms with E-state index in [1.807, 2.05) is 0 Å². The van der Waals surface area contributed by atoms with Crippen LogP contribution in [0.4, 0.5) is 29.3 Å². The number of pyridine rings is 2. The molecule has 1 saturated carbocycles. The molecular formula is C20H20F3N5O3S. The van der Waals surface area contributed by atoms with Crippen LogP contribution in [0.15, 0.2) is 41.7 Å². The van der Waals surface area contributed by atoms with Crippen LogP contribution < -0.4 is 10.6 Å². The molecular weight excluding hydrogens is 447 g/mol. The smallest absolute Gasteiger partial charge is 0.323 e. The van der Waals surface area contributed by atoms with Gasteiger partial charge >= 0.3 is 6.03 Å². The lowest BCUT2D eigenvalue weighted by Crippen LogP contribution is -2.24. The number of H-pyrrole nitrogens is 1. The summed E-state index contributed by atoms with van der Waals surface area (Å²) in [4.78, 5) is 23.1. The lowest BCUT2D eigenvalue weighted by molar-refractivity contribution is -0.0384. The highest BCUT2D eigenvalue weighted by Gasteiger charge is 2.35. The molecule has 0 spiro atoms. The topological polar surface area (TPSA) is 117 Å². The molecule has 0 saturated heterocycles. The number of amides is 2. The van der Waals surface area contributed by atoms with Gasteiger partial charge in [0.2, 0.25) is 15.8 Å². The zero-order chi connectivity index (χ0) is 22.9. The first-order valence-corrected chi connectivity index (χ1v) is 11.5. The van der Waals surface area contributed by atoms with Crippen LogP contribution in [0.25, 0.3) is 11.0 Å². The monoisotopic (exact) mass is 467 g/mol. The van der Waals surface area contributed by atoms with Crippen molar-refractivity contribution in [3.63, 3.8) is 0 Å². The molecule has 12 heteroatoms. The molecule has 0 atom stereocenters. The fourth-order valence-corrected chi connectivity index (χ4v) is 4.30. The number of aromatic amines is 1. The van der Waals surface area contributed by atoms with Gasteiger partial charge in [-0.05, 0) is 31.0 Å². The summed E-state index contributed by atoms with van der Waals surface area (Å²) >= 11 is 0. The molecule has 3 N–H and O–H groups in total. The third-order valence-electron chi connectivity index (χ3n) is 5.44. The van der Waals surface area contributed by atoms with Gasteiger partial charge in [0.15, 0.2) is 6.01 Å². The highest BCUT2D eigenvalue weighted by molar-refractivity contribution is 7.91. The van der Waals surface area contributed by atoms with Gasteiger partial charge in [-0.1, -0.05) is 0 Å². The number of aromatic nitrogens is 3. The predicted molar refractivity (Wildman–Crippen MR) is 112 cm³/mol. The lowest BCUT2D eigenvalue weighted by Gasteiger charge is -2.27. The number of nitrogens with one attached hydrogen (secondary N) is 3. The summed E-state index contributed by atoms with van der Waals surface area (Å²) in [6, 6.07) is 2.40. The van der Waals surface area contributed by atoms with Crippen LogP contribution in [0, 0.1) is 0 Å². The van der Waals surface area contributed by atoms with Crippen molar-refractivity contribution in [2.45, 2.75) is 42.4 Å². The third kappa shape index (κ3) is 4.69. The van der Waals surface area contributed by atoms with Gasteiger partial charge in [0.25, 0.3) is 0 Å². The van der Waals surface area contributed by atoms with Crippen LogP contribution in [0.1, 0.15) is 37.3 Å². The fourth-order valence-electron chi connectivity index (χ4n) is 3.66. The number of urea groups is 1. The molecule has 3 aromatic heterocycles. The molecule has 1 fully saturated rings. The zero-order valence-corrected chi connectivity index (χ0v) is 17.6. The largest absolute Gasteiger partial charge is 0.344 e. The average Bonchev–Trinajstić information content (AvgIpc) is 3.16. The molecule has 0 aliphatic heterocycles. The van der Waals surface area contributed by atoms with Gasteiger partial charge in [-0.3, -0.25) is 4.98 Å². The van der Waals surface area contributed by atoms with Crippen LogP contribution in [0.2, 0.25) is 0 Å². The maximum atomic E-state index is 13.3. The first-order valence-electron chi connectivity index (χ1n) is 9.84. The number of hydrogen-bond donors (Lipinski definition) is 3. The highest BCUT2D eigenvalue weighted by atomic mass is 32.2. The molecule has 0 aromatic carbocycles. The lowest BCUT2D eigenvalue weighted by atomic mass is 9.84. The van der Waals surface area contributed by atoms with E-state index in [1.54, 1.807) is 12.1 Å². The maximum absolute atomic E-state index is 13.3. The maximum Gasteiger partial charge on any atom is 0.323 e. The number of hydrogen-bond acceptors (Lipinski definition) is 5. The van der Waals surface area contributed by atoms with E-state index < -0.39 is 27.8 Å². The predicted octanol–water partition coefficient (Wildman–Crippen LogP) is 4.60. The third-order valence-corrected chi connectivity index (χ3v) is 6.67. The number of anilines is 2. The number of alkyl halides is 3. The van der Waals surface area contributed by atoms with E-state index in [-0.39, 0.29) is 29.3 Å². The summed E-state index contributed by atoms with van der Waals surface area (Å²) in [5, 5.41) is 5.48. The summed E-state index contributed by atoms with van der Waals surface area (Å²) in [7, 11) is -4.10. The Morgan fingerprint density at radius 3 is 2.56 bits per heavy atom. The van der Waals surface area contributed by atoms with Crippen molar-refractivity contribution in [1.29, 1.82) is 0 Å². The van der Waals surface area contributed by atoms with Crippen molar-refractivity contribution in [3.05, 3.63) is 42.5 Å². The number of carbonyl (C=O) groups is 1. The first kappa shape index (κ1) is 22.1. The van der Waals surface area contributed by atoms with Crippen LogP contribution in [0.3, 0.4) is 0 Å². The van der Waals surface area contributed by atoms with Gasteiger partial charge < -0.3 is 15.6 Å². The van der Waals surface area contributed by atoms with Crippen LogP contribution in [-0.2, 0) is 9.84 Å². The second-order valence-electron chi connectivity index (χ2n) is 7.67. The van der Waals surface area contributed by atoms with Gasteiger partial charge in [-0.15, -0.1) is 0 Å². The average molecular weight is 467 g/mol. The Balaban J connectivity index is 1.43. The number of rotatable bonds is 5. The van der Waals surface area contributed by atoms with Crippen molar-refractivity contribution in [1.82, 2.24) is 15.0 Å². The molecule has 4 rings (SSSR count). The molecule has 0 bridgehead atoms. The van der Waals surface area contributed by atoms with Crippen LogP contribution in [0.5, 0.6) is 0 Å². The van der Waals surface area contributed by atoms with Crippen molar-refractivity contribution >= 4 is 38.3 Å². The highest BCUT2D eigenvalue weighted by Crippen LogP contribution is 2.40. The Morgan fingerprint density at radius 2 is 1.91 bits per heavy atom. The fraction of sp³-hybridized carbons (Fsp3) is 0.350. The number of fused-ring (bicyclic) bond motifs is 1. The summed E-state index contributed by atoms with van der Waals surface area (Å²) in [5.74, 6) is -2.64. The second-order valence-corrected chi connectivity index (χ2v) is 9.59. The Labute approximate surface area is 181 Å². The molecule has 2 amide bonds. The van der Waals surface area contributed by atoms with Crippen molar-refractivity contribution < 1.29 is 26.4 Å². The minimum atomic E-state index is -4.10. The number of halogens is 3. The molecule has 32 heavy (non-hydrogen) atoms. The van der Waals surface area contributed by atoms with E-state index >= 15 is 0 Å². The first-order chi connectivity index (χ1) is 15.2. The van der Waals surface area contributed by atoms with Crippen molar-refractivity contribution in [2.24, 2.45) is 0 Å². The summed E-state index contributed by atoms with van der Waals surface area (Å²) < 4.78 is 62.9. The Bertz CT molecular complexity index is 1240. The second kappa shape index (κ2) is 8.41. The van der Waals surface area contributed by atoms with E-state index in [9.17, 15) is 26.4 Å². The summed E-state index contributed by atoms with van der Waals surface area (Å²) in [6.07, 6.45) is 4.33. The Morgan fingerprint density at radius 1 is 1.16 bits per heavy atom. The standard InChI is InChI=1S/C20H20F3N5O3S/c21-11-32(30,31)14-7-15-17(10-26-18(15)25-9-14)28-19(29)27-13-1-2-16(24-8-13)12-3-5-20(22,23)6-4-12/h1-2,7-10,12H,3-6,11H2,(H,25,26)(H2,27,28,29). The molecule has 0 radical (unpaired) electrons. The quantitative estimate of drug-likeness (QED) is 0.507. The normalized spacial score (nSPS) is 16.7.